The molecule has 1 aromatic carbocycles. The second kappa shape index (κ2) is 5.50. The van der Waals surface area contributed by atoms with Crippen molar-refractivity contribution in [3.05, 3.63) is 45.3 Å². The second-order valence-electron chi connectivity index (χ2n) is 4.41. The van der Waals surface area contributed by atoms with E-state index in [2.05, 4.69) is 5.10 Å². The summed E-state index contributed by atoms with van der Waals surface area (Å²) in [5.74, 6) is 1.28. The van der Waals surface area contributed by atoms with Crippen LogP contribution in [0.1, 0.15) is 17.0 Å². The van der Waals surface area contributed by atoms with E-state index < -0.39 is 4.92 Å². The van der Waals surface area contributed by atoms with Gasteiger partial charge in [-0.1, -0.05) is 0 Å². The fraction of sp³-hybridized carbons (Fsp3) is 0.308. The molecule has 6 nitrogen and oxygen atoms in total. The average Bonchev–Trinajstić information content (AvgIpc) is 2.65. The molecule has 2 aromatic rings. The van der Waals surface area contributed by atoms with Crippen LogP contribution in [0.15, 0.2) is 18.2 Å². The molecule has 20 heavy (non-hydrogen) atoms. The van der Waals surface area contributed by atoms with E-state index in [0.717, 1.165) is 11.4 Å². The van der Waals surface area contributed by atoms with E-state index in [1.807, 2.05) is 20.9 Å². The van der Waals surface area contributed by atoms with Gasteiger partial charge in [0.2, 0.25) is 0 Å². The van der Waals surface area contributed by atoms with Crippen LogP contribution in [0.4, 0.5) is 5.69 Å². The zero-order chi connectivity index (χ0) is 14.9. The summed E-state index contributed by atoms with van der Waals surface area (Å²) in [6.45, 7) is 3.73. The Balaban J connectivity index is 2.40. The van der Waals surface area contributed by atoms with Gasteiger partial charge in [0.25, 0.3) is 5.69 Å². The molecule has 0 spiro atoms. The van der Waals surface area contributed by atoms with Gasteiger partial charge in [-0.3, -0.25) is 14.8 Å². The maximum absolute atomic E-state index is 10.8. The summed E-state index contributed by atoms with van der Waals surface area (Å²) in [6.07, 6.45) is 0. The summed E-state index contributed by atoms with van der Waals surface area (Å²) in [5, 5.41) is 15.0. The van der Waals surface area contributed by atoms with Gasteiger partial charge in [-0.15, -0.1) is 11.6 Å². The highest BCUT2D eigenvalue weighted by Gasteiger charge is 2.16. The number of ether oxygens (including phenoxy) is 1. The lowest BCUT2D eigenvalue weighted by molar-refractivity contribution is -0.384. The van der Waals surface area contributed by atoms with Crippen molar-refractivity contribution >= 4 is 17.3 Å². The predicted molar refractivity (Wildman–Crippen MR) is 75.4 cm³/mol. The number of nitrogens with zero attached hydrogens (tertiary/aromatic N) is 3. The van der Waals surface area contributed by atoms with Gasteiger partial charge < -0.3 is 4.74 Å². The van der Waals surface area contributed by atoms with Crippen LogP contribution in [0.5, 0.6) is 11.5 Å². The lowest BCUT2D eigenvalue weighted by atomic mass is 10.2. The van der Waals surface area contributed by atoms with E-state index in [1.165, 1.54) is 12.1 Å². The van der Waals surface area contributed by atoms with Crippen LogP contribution in [0.2, 0.25) is 0 Å². The van der Waals surface area contributed by atoms with Gasteiger partial charge in [-0.05, 0) is 19.9 Å². The summed E-state index contributed by atoms with van der Waals surface area (Å²) in [6, 6.07) is 4.37. The molecule has 1 heterocycles. The van der Waals surface area contributed by atoms with Gasteiger partial charge in [0.1, 0.15) is 11.4 Å². The summed E-state index contributed by atoms with van der Waals surface area (Å²) in [7, 11) is 1.83. The Morgan fingerprint density at radius 3 is 2.65 bits per heavy atom. The van der Waals surface area contributed by atoms with Crippen molar-refractivity contribution in [1.29, 1.82) is 0 Å². The monoisotopic (exact) mass is 295 g/mol. The lowest BCUT2D eigenvalue weighted by Gasteiger charge is -2.09. The van der Waals surface area contributed by atoms with E-state index in [9.17, 15) is 10.1 Å². The maximum atomic E-state index is 10.8. The summed E-state index contributed by atoms with van der Waals surface area (Å²) >= 11 is 5.84. The first-order valence-electron chi connectivity index (χ1n) is 5.95. The largest absolute Gasteiger partial charge is 0.453 e. The number of rotatable bonds is 4. The summed E-state index contributed by atoms with van der Waals surface area (Å²) in [5.41, 5.74) is 2.20. The van der Waals surface area contributed by atoms with Gasteiger partial charge in [-0.2, -0.15) is 5.10 Å². The smallest absolute Gasteiger partial charge is 0.270 e. The Hall–Kier alpha value is -2.08. The van der Waals surface area contributed by atoms with Crippen LogP contribution in [0.25, 0.3) is 0 Å². The van der Waals surface area contributed by atoms with Gasteiger partial charge in [0, 0.05) is 24.7 Å². The quantitative estimate of drug-likeness (QED) is 0.492. The molecule has 0 N–H and O–H groups in total. The van der Waals surface area contributed by atoms with Crippen molar-refractivity contribution < 1.29 is 9.66 Å². The minimum Gasteiger partial charge on any atom is -0.453 e. The van der Waals surface area contributed by atoms with E-state index in [-0.39, 0.29) is 11.6 Å². The molecular formula is C13H14ClN3O3. The molecule has 0 saturated carbocycles. The van der Waals surface area contributed by atoms with Crippen LogP contribution in [0.3, 0.4) is 0 Å². The van der Waals surface area contributed by atoms with E-state index >= 15 is 0 Å². The SMILES string of the molecule is Cc1nn(C)c(C)c1Oc1ccc([N+](=O)[O-])cc1CCl. The topological polar surface area (TPSA) is 70.2 Å². The normalized spacial score (nSPS) is 10.6. The molecule has 0 radical (unpaired) electrons. The van der Waals surface area contributed by atoms with Crippen LogP contribution in [0, 0.1) is 24.0 Å². The number of aryl methyl sites for hydroxylation is 2. The number of hydrogen-bond acceptors (Lipinski definition) is 4. The average molecular weight is 296 g/mol. The van der Waals surface area contributed by atoms with Crippen LogP contribution >= 0.6 is 11.6 Å². The molecule has 0 aliphatic heterocycles. The highest BCUT2D eigenvalue weighted by molar-refractivity contribution is 6.17. The van der Waals surface area contributed by atoms with E-state index in [1.54, 1.807) is 10.7 Å². The molecule has 106 valence electrons. The van der Waals surface area contributed by atoms with Gasteiger partial charge in [0.15, 0.2) is 5.75 Å². The third-order valence-electron chi connectivity index (χ3n) is 3.05. The number of aromatic nitrogens is 2. The lowest BCUT2D eigenvalue weighted by Crippen LogP contribution is -1.95. The second-order valence-corrected chi connectivity index (χ2v) is 4.68. The van der Waals surface area contributed by atoms with Crippen molar-refractivity contribution in [1.82, 2.24) is 9.78 Å². The number of alkyl halides is 1. The summed E-state index contributed by atoms with van der Waals surface area (Å²) in [4.78, 5) is 10.3. The number of nitro benzene ring substituents is 1. The number of hydrogen-bond donors (Lipinski definition) is 0. The standard InChI is InChI=1S/C13H14ClN3O3/c1-8-13(9(2)16(3)15-8)20-12-5-4-11(17(18)19)6-10(12)7-14/h4-6H,7H2,1-3H3. The van der Waals surface area contributed by atoms with Crippen molar-refractivity contribution in [2.75, 3.05) is 0 Å². The van der Waals surface area contributed by atoms with Crippen LogP contribution < -0.4 is 4.74 Å². The number of benzene rings is 1. The Kier molecular flexibility index (Phi) is 3.94. The molecule has 0 bridgehead atoms. The fourth-order valence-corrected chi connectivity index (χ4v) is 2.10. The molecule has 0 atom stereocenters. The van der Waals surface area contributed by atoms with Crippen molar-refractivity contribution in [3.8, 4) is 11.5 Å². The third-order valence-corrected chi connectivity index (χ3v) is 3.34. The highest BCUT2D eigenvalue weighted by atomic mass is 35.5. The highest BCUT2D eigenvalue weighted by Crippen LogP contribution is 2.32. The minimum absolute atomic E-state index is 0.00682. The molecule has 0 aliphatic carbocycles. The predicted octanol–water partition coefficient (Wildman–Crippen LogP) is 3.48. The summed E-state index contributed by atoms with van der Waals surface area (Å²) < 4.78 is 7.55. The minimum atomic E-state index is -0.458. The molecule has 0 aliphatic rings. The zero-order valence-electron chi connectivity index (χ0n) is 11.4. The molecule has 0 saturated heterocycles. The van der Waals surface area contributed by atoms with Gasteiger partial charge in [0.05, 0.1) is 16.5 Å². The van der Waals surface area contributed by atoms with Gasteiger partial charge >= 0.3 is 0 Å². The first-order chi connectivity index (χ1) is 9.43. The van der Waals surface area contributed by atoms with E-state index in [4.69, 9.17) is 16.3 Å². The molecule has 0 unspecified atom stereocenters. The molecule has 0 amide bonds. The molecule has 0 fully saturated rings. The van der Waals surface area contributed by atoms with E-state index in [0.29, 0.717) is 17.1 Å². The fourth-order valence-electron chi connectivity index (χ4n) is 1.90. The Morgan fingerprint density at radius 2 is 2.15 bits per heavy atom. The molecule has 7 heteroatoms. The molecule has 1 aromatic heterocycles. The maximum Gasteiger partial charge on any atom is 0.270 e. The first-order valence-corrected chi connectivity index (χ1v) is 6.48. The van der Waals surface area contributed by atoms with Crippen molar-refractivity contribution in [3.63, 3.8) is 0 Å². The van der Waals surface area contributed by atoms with Gasteiger partial charge in [-0.25, -0.2) is 0 Å². The number of nitro groups is 1. The first kappa shape index (κ1) is 14.3. The third kappa shape index (κ3) is 2.60. The number of halogens is 1. The Morgan fingerprint density at radius 1 is 1.45 bits per heavy atom. The molecule has 2 rings (SSSR count). The number of non-ortho nitro benzene ring substituents is 1. The van der Waals surface area contributed by atoms with Crippen molar-refractivity contribution in [2.45, 2.75) is 19.7 Å². The Bertz CT molecular complexity index is 667. The Labute approximate surface area is 121 Å². The zero-order valence-corrected chi connectivity index (χ0v) is 12.1. The van der Waals surface area contributed by atoms with Crippen molar-refractivity contribution in [2.24, 2.45) is 7.05 Å². The molecular weight excluding hydrogens is 282 g/mol. The van der Waals surface area contributed by atoms with Crippen LogP contribution in [-0.2, 0) is 12.9 Å². The van der Waals surface area contributed by atoms with Crippen LogP contribution in [-0.4, -0.2) is 14.7 Å².